The van der Waals surface area contributed by atoms with Crippen molar-refractivity contribution in [3.63, 3.8) is 0 Å². The van der Waals surface area contributed by atoms with Crippen molar-refractivity contribution in [2.75, 3.05) is 11.5 Å². The number of hydrogen-bond acceptors (Lipinski definition) is 2. The molecule has 0 aromatic heterocycles. The Morgan fingerprint density at radius 1 is 1.08 bits per heavy atom. The zero-order valence-electron chi connectivity index (χ0n) is 7.57. The number of hydrogen-bond donors (Lipinski definition) is 1. The molecule has 0 bridgehead atoms. The summed E-state index contributed by atoms with van der Waals surface area (Å²) in [7, 11) is 0. The largest absolute Gasteiger partial charge is 0.385 e. The van der Waals surface area contributed by atoms with Crippen LogP contribution in [0.2, 0.25) is 0 Å². The number of benzene rings is 1. The highest BCUT2D eigenvalue weighted by molar-refractivity contribution is 7.99. The number of rotatable bonds is 1. The van der Waals surface area contributed by atoms with E-state index in [1.807, 2.05) is 42.1 Å². The van der Waals surface area contributed by atoms with Gasteiger partial charge in [0.2, 0.25) is 0 Å². The van der Waals surface area contributed by atoms with Crippen LogP contribution in [0.15, 0.2) is 30.3 Å². The minimum Gasteiger partial charge on any atom is -0.385 e. The lowest BCUT2D eigenvalue weighted by molar-refractivity contribution is 0.0281. The van der Waals surface area contributed by atoms with Crippen LogP contribution in [0.1, 0.15) is 18.4 Å². The van der Waals surface area contributed by atoms with Gasteiger partial charge in [-0.15, -0.1) is 0 Å². The zero-order chi connectivity index (χ0) is 9.15. The molecule has 1 aliphatic heterocycles. The molecular formula is C11H14OS. The van der Waals surface area contributed by atoms with Crippen LogP contribution in [0.3, 0.4) is 0 Å². The Bertz CT molecular complexity index is 265. The normalized spacial score (nSPS) is 21.3. The first-order chi connectivity index (χ1) is 6.31. The van der Waals surface area contributed by atoms with E-state index in [0.717, 1.165) is 29.9 Å². The Kier molecular flexibility index (Phi) is 2.61. The smallest absolute Gasteiger partial charge is 0.0912 e. The molecule has 1 heterocycles. The maximum atomic E-state index is 10.3. The average Bonchev–Trinajstić information content (AvgIpc) is 2.20. The molecule has 1 N–H and O–H groups in total. The lowest BCUT2D eigenvalue weighted by Gasteiger charge is -2.32. The summed E-state index contributed by atoms with van der Waals surface area (Å²) in [6, 6.07) is 10.0. The van der Waals surface area contributed by atoms with Crippen LogP contribution >= 0.6 is 11.8 Å². The lowest BCUT2D eigenvalue weighted by atomic mass is 9.88. The molecule has 1 aromatic carbocycles. The summed E-state index contributed by atoms with van der Waals surface area (Å²) >= 11 is 1.93. The number of thioether (sulfide) groups is 1. The van der Waals surface area contributed by atoms with Crippen LogP contribution in [0.25, 0.3) is 0 Å². The van der Waals surface area contributed by atoms with Crippen LogP contribution < -0.4 is 0 Å². The van der Waals surface area contributed by atoms with E-state index in [9.17, 15) is 5.11 Å². The highest BCUT2D eigenvalue weighted by Gasteiger charge is 2.30. The maximum absolute atomic E-state index is 10.3. The van der Waals surface area contributed by atoms with Crippen LogP contribution in [-0.4, -0.2) is 16.6 Å². The first-order valence-electron chi connectivity index (χ1n) is 4.67. The summed E-state index contributed by atoms with van der Waals surface area (Å²) in [4.78, 5) is 0. The van der Waals surface area contributed by atoms with Crippen LogP contribution in [-0.2, 0) is 5.60 Å². The molecule has 2 rings (SSSR count). The van der Waals surface area contributed by atoms with E-state index in [0.29, 0.717) is 0 Å². The molecule has 0 saturated carbocycles. The third kappa shape index (κ3) is 1.89. The molecule has 0 aliphatic carbocycles. The minimum atomic E-state index is -0.549. The zero-order valence-corrected chi connectivity index (χ0v) is 8.39. The predicted octanol–water partition coefficient (Wildman–Crippen LogP) is 2.40. The quantitative estimate of drug-likeness (QED) is 0.741. The summed E-state index contributed by atoms with van der Waals surface area (Å²) < 4.78 is 0. The summed E-state index contributed by atoms with van der Waals surface area (Å²) in [6.45, 7) is 0. The van der Waals surface area contributed by atoms with Crippen molar-refractivity contribution in [2.45, 2.75) is 18.4 Å². The van der Waals surface area contributed by atoms with Gasteiger partial charge >= 0.3 is 0 Å². The van der Waals surface area contributed by atoms with E-state index >= 15 is 0 Å². The molecule has 70 valence electrons. The van der Waals surface area contributed by atoms with Gasteiger partial charge in [-0.05, 0) is 29.9 Å². The van der Waals surface area contributed by atoms with Gasteiger partial charge in [-0.3, -0.25) is 0 Å². The molecule has 0 atom stereocenters. The van der Waals surface area contributed by atoms with Crippen molar-refractivity contribution in [1.29, 1.82) is 0 Å². The summed E-state index contributed by atoms with van der Waals surface area (Å²) in [5, 5.41) is 10.3. The van der Waals surface area contributed by atoms with Crippen molar-refractivity contribution in [3.05, 3.63) is 35.9 Å². The second kappa shape index (κ2) is 3.72. The molecular weight excluding hydrogens is 180 g/mol. The van der Waals surface area contributed by atoms with Gasteiger partial charge in [-0.25, -0.2) is 0 Å². The third-order valence-corrected chi connectivity index (χ3v) is 3.62. The minimum absolute atomic E-state index is 0.549. The Balaban J connectivity index is 2.23. The van der Waals surface area contributed by atoms with Gasteiger partial charge in [-0.1, -0.05) is 30.3 Å². The third-order valence-electron chi connectivity index (χ3n) is 2.63. The number of aliphatic hydroxyl groups is 1. The van der Waals surface area contributed by atoms with Gasteiger partial charge in [-0.2, -0.15) is 11.8 Å². The lowest BCUT2D eigenvalue weighted by Crippen LogP contribution is -2.30. The fourth-order valence-corrected chi connectivity index (χ4v) is 2.91. The highest BCUT2D eigenvalue weighted by Crippen LogP contribution is 2.35. The van der Waals surface area contributed by atoms with Crippen molar-refractivity contribution in [3.8, 4) is 0 Å². The molecule has 0 radical (unpaired) electrons. The fraction of sp³-hybridized carbons (Fsp3) is 0.455. The Labute approximate surface area is 83.2 Å². The molecule has 0 unspecified atom stereocenters. The molecule has 1 aromatic rings. The molecule has 0 spiro atoms. The van der Waals surface area contributed by atoms with Crippen molar-refractivity contribution in [1.82, 2.24) is 0 Å². The van der Waals surface area contributed by atoms with E-state index in [1.54, 1.807) is 0 Å². The van der Waals surface area contributed by atoms with Gasteiger partial charge < -0.3 is 5.11 Å². The molecule has 0 amide bonds. The molecule has 2 heteroatoms. The van der Waals surface area contributed by atoms with E-state index in [2.05, 4.69) is 0 Å². The molecule has 1 fully saturated rings. The van der Waals surface area contributed by atoms with Crippen molar-refractivity contribution in [2.24, 2.45) is 0 Å². The summed E-state index contributed by atoms with van der Waals surface area (Å²) in [5.74, 6) is 2.15. The van der Waals surface area contributed by atoms with Gasteiger partial charge in [0.25, 0.3) is 0 Å². The first-order valence-corrected chi connectivity index (χ1v) is 5.82. The SMILES string of the molecule is OC1(c2ccccc2)CCSCC1. The first kappa shape index (κ1) is 9.10. The second-order valence-electron chi connectivity index (χ2n) is 3.51. The highest BCUT2D eigenvalue weighted by atomic mass is 32.2. The Hall–Kier alpha value is -0.470. The van der Waals surface area contributed by atoms with Gasteiger partial charge in [0.15, 0.2) is 0 Å². The Morgan fingerprint density at radius 3 is 2.31 bits per heavy atom. The van der Waals surface area contributed by atoms with Crippen molar-refractivity contribution < 1.29 is 5.11 Å². The van der Waals surface area contributed by atoms with Crippen LogP contribution in [0, 0.1) is 0 Å². The van der Waals surface area contributed by atoms with E-state index in [4.69, 9.17) is 0 Å². The average molecular weight is 194 g/mol. The summed E-state index contributed by atoms with van der Waals surface area (Å²) in [6.07, 6.45) is 1.78. The van der Waals surface area contributed by atoms with E-state index in [-0.39, 0.29) is 0 Å². The standard InChI is InChI=1S/C11H14OS/c12-11(6-8-13-9-7-11)10-4-2-1-3-5-10/h1-5,12H,6-9H2. The molecule has 13 heavy (non-hydrogen) atoms. The van der Waals surface area contributed by atoms with Gasteiger partial charge in [0.1, 0.15) is 0 Å². The van der Waals surface area contributed by atoms with Crippen LogP contribution in [0.5, 0.6) is 0 Å². The fourth-order valence-electron chi connectivity index (χ4n) is 1.75. The molecule has 1 nitrogen and oxygen atoms in total. The monoisotopic (exact) mass is 194 g/mol. The summed E-state index contributed by atoms with van der Waals surface area (Å²) in [5.41, 5.74) is 0.530. The molecule has 1 saturated heterocycles. The van der Waals surface area contributed by atoms with Gasteiger partial charge in [0.05, 0.1) is 5.60 Å². The predicted molar refractivity (Wildman–Crippen MR) is 56.9 cm³/mol. The Morgan fingerprint density at radius 2 is 1.69 bits per heavy atom. The van der Waals surface area contributed by atoms with E-state index in [1.165, 1.54) is 0 Å². The van der Waals surface area contributed by atoms with Gasteiger partial charge in [0, 0.05) is 0 Å². The van der Waals surface area contributed by atoms with Crippen molar-refractivity contribution >= 4 is 11.8 Å². The maximum Gasteiger partial charge on any atom is 0.0912 e. The second-order valence-corrected chi connectivity index (χ2v) is 4.73. The van der Waals surface area contributed by atoms with E-state index < -0.39 is 5.60 Å². The topological polar surface area (TPSA) is 20.2 Å². The van der Waals surface area contributed by atoms with Crippen LogP contribution in [0.4, 0.5) is 0 Å². The molecule has 1 aliphatic rings.